The summed E-state index contributed by atoms with van der Waals surface area (Å²) < 4.78 is 0. The molecular formula is C19H22N6. The summed E-state index contributed by atoms with van der Waals surface area (Å²) >= 11 is 0. The topological polar surface area (TPSA) is 156 Å². The first kappa shape index (κ1) is 16.3. The van der Waals surface area contributed by atoms with Crippen molar-refractivity contribution in [2.75, 3.05) is 34.4 Å². The van der Waals surface area contributed by atoms with Crippen LogP contribution >= 0.6 is 0 Å². The van der Waals surface area contributed by atoms with Crippen molar-refractivity contribution in [3.63, 3.8) is 0 Å². The number of hydrogen-bond acceptors (Lipinski definition) is 6. The highest BCUT2D eigenvalue weighted by atomic mass is 14.7. The van der Waals surface area contributed by atoms with Crippen LogP contribution in [-0.4, -0.2) is 0 Å². The summed E-state index contributed by atoms with van der Waals surface area (Å²) in [5, 5.41) is 0. The van der Waals surface area contributed by atoms with E-state index in [0.717, 1.165) is 27.8 Å². The molecule has 3 aromatic rings. The normalized spacial score (nSPS) is 10.8. The summed E-state index contributed by atoms with van der Waals surface area (Å²) in [5.41, 5.74) is 43.7. The van der Waals surface area contributed by atoms with Gasteiger partial charge in [-0.15, -0.1) is 0 Å². The molecule has 6 heteroatoms. The molecule has 3 aromatic carbocycles. The first-order chi connectivity index (χ1) is 11.8. The second kappa shape index (κ2) is 5.83. The van der Waals surface area contributed by atoms with Crippen molar-refractivity contribution >= 4 is 34.1 Å². The van der Waals surface area contributed by atoms with Crippen LogP contribution in [0.3, 0.4) is 0 Å². The maximum Gasteiger partial charge on any atom is 0.0435 e. The number of rotatable bonds is 2. The van der Waals surface area contributed by atoms with Crippen LogP contribution in [0.25, 0.3) is 22.3 Å². The Morgan fingerprint density at radius 3 is 1.20 bits per heavy atom. The summed E-state index contributed by atoms with van der Waals surface area (Å²) in [4.78, 5) is 0. The SMILES string of the molecule is Cc1c(-c2c(N)cc(N)cc2N)cccc1-c1c(N)cc(N)cc1N. The van der Waals surface area contributed by atoms with Crippen molar-refractivity contribution in [2.45, 2.75) is 6.92 Å². The molecule has 0 fully saturated rings. The van der Waals surface area contributed by atoms with E-state index in [9.17, 15) is 0 Å². The van der Waals surface area contributed by atoms with Gasteiger partial charge in [0.1, 0.15) is 0 Å². The number of hydrogen-bond donors (Lipinski definition) is 6. The van der Waals surface area contributed by atoms with Crippen LogP contribution in [-0.2, 0) is 0 Å². The zero-order valence-corrected chi connectivity index (χ0v) is 14.0. The molecule has 0 atom stereocenters. The molecule has 0 aliphatic heterocycles. The fraction of sp³-hybridized carbons (Fsp3) is 0.0526. The monoisotopic (exact) mass is 334 g/mol. The van der Waals surface area contributed by atoms with E-state index in [0.29, 0.717) is 34.1 Å². The van der Waals surface area contributed by atoms with Gasteiger partial charge in [0.15, 0.2) is 0 Å². The van der Waals surface area contributed by atoms with E-state index in [1.165, 1.54) is 0 Å². The van der Waals surface area contributed by atoms with Crippen LogP contribution in [0.4, 0.5) is 34.1 Å². The molecule has 0 bridgehead atoms. The molecule has 3 rings (SSSR count). The molecule has 0 radical (unpaired) electrons. The van der Waals surface area contributed by atoms with E-state index >= 15 is 0 Å². The quantitative estimate of drug-likeness (QED) is 0.396. The lowest BCUT2D eigenvalue weighted by Crippen LogP contribution is -2.02. The third-order valence-corrected chi connectivity index (χ3v) is 4.32. The fourth-order valence-electron chi connectivity index (χ4n) is 3.22. The Kier molecular flexibility index (Phi) is 3.81. The lowest BCUT2D eigenvalue weighted by atomic mass is 9.90. The van der Waals surface area contributed by atoms with E-state index in [2.05, 4.69) is 0 Å². The van der Waals surface area contributed by atoms with Crippen molar-refractivity contribution in [1.82, 2.24) is 0 Å². The average Bonchev–Trinajstić information content (AvgIpc) is 2.48. The van der Waals surface area contributed by atoms with Crippen LogP contribution in [0.5, 0.6) is 0 Å². The lowest BCUT2D eigenvalue weighted by molar-refractivity contribution is 1.44. The molecule has 6 nitrogen and oxygen atoms in total. The third-order valence-electron chi connectivity index (χ3n) is 4.32. The smallest absolute Gasteiger partial charge is 0.0435 e. The van der Waals surface area contributed by atoms with Crippen molar-refractivity contribution in [1.29, 1.82) is 0 Å². The molecular weight excluding hydrogens is 312 g/mol. The Morgan fingerprint density at radius 2 is 0.880 bits per heavy atom. The zero-order chi connectivity index (χ0) is 18.3. The number of nitrogens with two attached hydrogens (primary N) is 6. The molecule has 25 heavy (non-hydrogen) atoms. The maximum atomic E-state index is 6.17. The lowest BCUT2D eigenvalue weighted by Gasteiger charge is -2.18. The van der Waals surface area contributed by atoms with E-state index < -0.39 is 0 Å². The van der Waals surface area contributed by atoms with Crippen LogP contribution < -0.4 is 34.4 Å². The fourth-order valence-corrected chi connectivity index (χ4v) is 3.22. The summed E-state index contributed by atoms with van der Waals surface area (Å²) in [6.07, 6.45) is 0. The van der Waals surface area contributed by atoms with Gasteiger partial charge in [0.25, 0.3) is 0 Å². The van der Waals surface area contributed by atoms with Crippen molar-refractivity contribution in [3.05, 3.63) is 48.0 Å². The van der Waals surface area contributed by atoms with Crippen LogP contribution in [0, 0.1) is 6.92 Å². The van der Waals surface area contributed by atoms with Gasteiger partial charge in [-0.3, -0.25) is 0 Å². The van der Waals surface area contributed by atoms with E-state index in [1.54, 1.807) is 24.3 Å². The van der Waals surface area contributed by atoms with Gasteiger partial charge in [-0.25, -0.2) is 0 Å². The highest BCUT2D eigenvalue weighted by Gasteiger charge is 2.16. The molecule has 0 aliphatic carbocycles. The molecule has 12 N–H and O–H groups in total. The van der Waals surface area contributed by atoms with Crippen molar-refractivity contribution in [3.8, 4) is 22.3 Å². The summed E-state index contributed by atoms with van der Waals surface area (Å²) in [7, 11) is 0. The van der Waals surface area contributed by atoms with Gasteiger partial charge in [-0.1, -0.05) is 18.2 Å². The number of nitrogen functional groups attached to an aromatic ring is 6. The minimum absolute atomic E-state index is 0.524. The van der Waals surface area contributed by atoms with Crippen LogP contribution in [0.2, 0.25) is 0 Å². The summed E-state index contributed by atoms with van der Waals surface area (Å²) in [6, 6.07) is 12.6. The second-order valence-electron chi connectivity index (χ2n) is 6.13. The van der Waals surface area contributed by atoms with E-state index in [-0.39, 0.29) is 0 Å². The van der Waals surface area contributed by atoms with Gasteiger partial charge in [-0.05, 0) is 47.9 Å². The van der Waals surface area contributed by atoms with Gasteiger partial charge in [0.2, 0.25) is 0 Å². The predicted molar refractivity (Wildman–Crippen MR) is 109 cm³/mol. The van der Waals surface area contributed by atoms with Gasteiger partial charge < -0.3 is 34.4 Å². The third kappa shape index (κ3) is 2.74. The van der Waals surface area contributed by atoms with E-state index in [1.807, 2.05) is 25.1 Å². The molecule has 0 aromatic heterocycles. The van der Waals surface area contributed by atoms with Gasteiger partial charge in [0, 0.05) is 45.3 Å². The summed E-state index contributed by atoms with van der Waals surface area (Å²) in [5.74, 6) is 0. The summed E-state index contributed by atoms with van der Waals surface area (Å²) in [6.45, 7) is 1.98. The minimum atomic E-state index is 0.524. The standard InChI is InChI=1S/C19H22N6/c1-9-12(18-14(22)5-10(20)6-15(18)23)3-2-4-13(9)19-16(24)7-11(21)8-17(19)25/h2-8H,20-25H2,1H3. The molecule has 0 spiro atoms. The molecule has 0 amide bonds. The molecule has 0 unspecified atom stereocenters. The Bertz CT molecular complexity index is 856. The highest BCUT2D eigenvalue weighted by Crippen LogP contribution is 2.42. The number of benzene rings is 3. The zero-order valence-electron chi connectivity index (χ0n) is 14.0. The molecule has 128 valence electrons. The highest BCUT2D eigenvalue weighted by molar-refractivity contribution is 5.96. The Balaban J connectivity index is 2.28. The number of anilines is 6. The molecule has 0 saturated heterocycles. The molecule has 0 aliphatic rings. The maximum absolute atomic E-state index is 6.17. The van der Waals surface area contributed by atoms with Gasteiger partial charge in [0.05, 0.1) is 0 Å². The van der Waals surface area contributed by atoms with Gasteiger partial charge in [-0.2, -0.15) is 0 Å². The minimum Gasteiger partial charge on any atom is -0.399 e. The van der Waals surface area contributed by atoms with Crippen LogP contribution in [0.1, 0.15) is 5.56 Å². The largest absolute Gasteiger partial charge is 0.399 e. The predicted octanol–water partition coefficient (Wildman–Crippen LogP) is 2.82. The second-order valence-corrected chi connectivity index (χ2v) is 6.13. The Labute approximate surface area is 146 Å². The first-order valence-corrected chi connectivity index (χ1v) is 7.79. The average molecular weight is 334 g/mol. The molecule has 0 saturated carbocycles. The van der Waals surface area contributed by atoms with E-state index in [4.69, 9.17) is 34.4 Å². The Hall–Kier alpha value is -3.54. The van der Waals surface area contributed by atoms with Crippen LogP contribution in [0.15, 0.2) is 42.5 Å². The van der Waals surface area contributed by atoms with Crippen molar-refractivity contribution in [2.24, 2.45) is 0 Å². The first-order valence-electron chi connectivity index (χ1n) is 7.79. The molecule has 0 heterocycles. The van der Waals surface area contributed by atoms with Crippen molar-refractivity contribution < 1.29 is 0 Å². The Morgan fingerprint density at radius 1 is 0.560 bits per heavy atom. The van der Waals surface area contributed by atoms with Gasteiger partial charge >= 0.3 is 0 Å².